The summed E-state index contributed by atoms with van der Waals surface area (Å²) < 4.78 is 14.6. The van der Waals surface area contributed by atoms with Gasteiger partial charge in [0.2, 0.25) is 0 Å². The number of aryl methyl sites for hydroxylation is 1. The van der Waals surface area contributed by atoms with Crippen molar-refractivity contribution < 1.29 is 4.39 Å². The van der Waals surface area contributed by atoms with Crippen LogP contribution in [0.1, 0.15) is 23.6 Å². The van der Waals surface area contributed by atoms with Crippen LogP contribution < -0.4 is 5.73 Å². The van der Waals surface area contributed by atoms with Gasteiger partial charge in [-0.3, -0.25) is 0 Å². The Kier molecular flexibility index (Phi) is 3.55. The van der Waals surface area contributed by atoms with Crippen molar-refractivity contribution in [2.45, 2.75) is 19.4 Å². The summed E-state index contributed by atoms with van der Waals surface area (Å²) in [6, 6.07) is 12.9. The summed E-state index contributed by atoms with van der Waals surface area (Å²) in [4.78, 5) is 0. The molecule has 0 aliphatic rings. The van der Waals surface area contributed by atoms with Crippen LogP contribution in [0.2, 0.25) is 0 Å². The maximum atomic E-state index is 13.6. The summed E-state index contributed by atoms with van der Waals surface area (Å²) in [5, 5.41) is 0. The van der Waals surface area contributed by atoms with E-state index in [-0.39, 0.29) is 5.82 Å². The van der Waals surface area contributed by atoms with Crippen LogP contribution >= 0.6 is 15.9 Å². The molecule has 18 heavy (non-hydrogen) atoms. The molecule has 0 radical (unpaired) electrons. The van der Waals surface area contributed by atoms with Crippen molar-refractivity contribution in [1.82, 2.24) is 0 Å². The average molecular weight is 308 g/mol. The molecule has 2 aromatic rings. The molecular formula is C15H15BrFN. The summed E-state index contributed by atoms with van der Waals surface area (Å²) in [5.74, 6) is -0.221. The van der Waals surface area contributed by atoms with Gasteiger partial charge in [-0.2, -0.15) is 0 Å². The van der Waals surface area contributed by atoms with Crippen molar-refractivity contribution >= 4 is 15.9 Å². The minimum Gasteiger partial charge on any atom is -0.318 e. The van der Waals surface area contributed by atoms with Crippen molar-refractivity contribution in [3.05, 3.63) is 69.4 Å². The summed E-state index contributed by atoms with van der Waals surface area (Å²) in [7, 11) is 0. The highest BCUT2D eigenvalue weighted by molar-refractivity contribution is 9.10. The second-order valence-electron chi connectivity index (χ2n) is 4.67. The Bertz CT molecular complexity index is 561. The van der Waals surface area contributed by atoms with Crippen LogP contribution in [0.4, 0.5) is 4.39 Å². The molecule has 1 nitrogen and oxygen atoms in total. The molecule has 0 spiro atoms. The van der Waals surface area contributed by atoms with Gasteiger partial charge in [-0.1, -0.05) is 40.2 Å². The van der Waals surface area contributed by atoms with Crippen molar-refractivity contribution in [3.63, 3.8) is 0 Å². The minimum atomic E-state index is -0.699. The monoisotopic (exact) mass is 307 g/mol. The fourth-order valence-electron chi connectivity index (χ4n) is 1.88. The van der Waals surface area contributed by atoms with E-state index in [0.29, 0.717) is 5.56 Å². The average Bonchev–Trinajstić information content (AvgIpc) is 2.33. The van der Waals surface area contributed by atoms with Gasteiger partial charge in [-0.05, 0) is 48.7 Å². The zero-order chi connectivity index (χ0) is 13.3. The van der Waals surface area contributed by atoms with E-state index in [1.54, 1.807) is 13.0 Å². The Morgan fingerprint density at radius 1 is 1.06 bits per heavy atom. The summed E-state index contributed by atoms with van der Waals surface area (Å²) in [6.45, 7) is 3.63. The molecule has 0 aliphatic carbocycles. The molecule has 1 unspecified atom stereocenters. The molecule has 3 heteroatoms. The molecule has 0 heterocycles. The predicted octanol–water partition coefficient (Wildman–Crippen LogP) is 4.12. The third-order valence-electron chi connectivity index (χ3n) is 3.22. The van der Waals surface area contributed by atoms with Crippen LogP contribution in [0.25, 0.3) is 0 Å². The van der Waals surface area contributed by atoms with Gasteiger partial charge < -0.3 is 5.73 Å². The summed E-state index contributed by atoms with van der Waals surface area (Å²) in [5.41, 5.74) is 8.00. The topological polar surface area (TPSA) is 26.0 Å². The molecule has 94 valence electrons. The van der Waals surface area contributed by atoms with Crippen molar-refractivity contribution in [2.24, 2.45) is 5.73 Å². The standard InChI is InChI=1S/C15H15BrFN/c1-10-3-4-12(9-14(10)17)15(2,18)11-5-7-13(16)8-6-11/h3-9H,18H2,1-2H3. The van der Waals surface area contributed by atoms with Gasteiger partial charge in [0.25, 0.3) is 0 Å². The lowest BCUT2D eigenvalue weighted by Crippen LogP contribution is -2.34. The molecule has 2 rings (SSSR count). The molecule has 0 aliphatic heterocycles. The van der Waals surface area contributed by atoms with Gasteiger partial charge in [-0.15, -0.1) is 0 Å². The zero-order valence-corrected chi connectivity index (χ0v) is 12.0. The van der Waals surface area contributed by atoms with E-state index in [4.69, 9.17) is 5.73 Å². The van der Waals surface area contributed by atoms with Gasteiger partial charge in [-0.25, -0.2) is 4.39 Å². The number of halogens is 2. The smallest absolute Gasteiger partial charge is 0.126 e. The molecule has 0 amide bonds. The second kappa shape index (κ2) is 4.82. The van der Waals surface area contributed by atoms with E-state index in [0.717, 1.165) is 15.6 Å². The van der Waals surface area contributed by atoms with Gasteiger partial charge in [0.05, 0.1) is 5.54 Å². The SMILES string of the molecule is Cc1ccc(C(C)(N)c2ccc(Br)cc2)cc1F. The summed E-state index contributed by atoms with van der Waals surface area (Å²) in [6.07, 6.45) is 0. The first-order valence-electron chi connectivity index (χ1n) is 5.73. The van der Waals surface area contributed by atoms with Crippen molar-refractivity contribution in [1.29, 1.82) is 0 Å². The molecule has 0 saturated carbocycles. The van der Waals surface area contributed by atoms with E-state index in [2.05, 4.69) is 15.9 Å². The third kappa shape index (κ3) is 2.47. The quantitative estimate of drug-likeness (QED) is 0.887. The van der Waals surface area contributed by atoms with Crippen molar-refractivity contribution in [3.8, 4) is 0 Å². The zero-order valence-electron chi connectivity index (χ0n) is 10.4. The fraction of sp³-hybridized carbons (Fsp3) is 0.200. The van der Waals surface area contributed by atoms with Crippen LogP contribution in [0.15, 0.2) is 46.9 Å². The first kappa shape index (κ1) is 13.2. The normalized spacial score (nSPS) is 14.3. The number of nitrogens with two attached hydrogens (primary N) is 1. The Morgan fingerprint density at radius 2 is 1.61 bits per heavy atom. The maximum Gasteiger partial charge on any atom is 0.126 e. The lowest BCUT2D eigenvalue weighted by Gasteiger charge is -2.26. The first-order chi connectivity index (χ1) is 8.41. The van der Waals surface area contributed by atoms with E-state index in [1.165, 1.54) is 6.07 Å². The largest absolute Gasteiger partial charge is 0.318 e. The first-order valence-corrected chi connectivity index (χ1v) is 6.52. The van der Waals surface area contributed by atoms with E-state index >= 15 is 0 Å². The molecule has 1 atom stereocenters. The van der Waals surface area contributed by atoms with E-state index in [9.17, 15) is 4.39 Å². The highest BCUT2D eigenvalue weighted by Crippen LogP contribution is 2.28. The Morgan fingerprint density at radius 3 is 2.17 bits per heavy atom. The Labute approximate surface area is 115 Å². The van der Waals surface area contributed by atoms with E-state index < -0.39 is 5.54 Å². The lowest BCUT2D eigenvalue weighted by atomic mass is 9.85. The highest BCUT2D eigenvalue weighted by atomic mass is 79.9. The van der Waals surface area contributed by atoms with Crippen LogP contribution in [0.5, 0.6) is 0 Å². The van der Waals surface area contributed by atoms with Gasteiger partial charge in [0.15, 0.2) is 0 Å². The lowest BCUT2D eigenvalue weighted by molar-refractivity contribution is 0.577. The fourth-order valence-corrected chi connectivity index (χ4v) is 2.14. The summed E-state index contributed by atoms with van der Waals surface area (Å²) >= 11 is 3.39. The van der Waals surface area contributed by atoms with Crippen LogP contribution in [0.3, 0.4) is 0 Å². The molecule has 0 aromatic heterocycles. The molecular weight excluding hydrogens is 293 g/mol. The molecule has 0 bridgehead atoms. The number of hydrogen-bond donors (Lipinski definition) is 1. The van der Waals surface area contributed by atoms with Gasteiger partial charge in [0.1, 0.15) is 5.82 Å². The van der Waals surface area contributed by atoms with Gasteiger partial charge >= 0.3 is 0 Å². The Hall–Kier alpha value is -1.19. The minimum absolute atomic E-state index is 0.221. The second-order valence-corrected chi connectivity index (χ2v) is 5.59. The number of hydrogen-bond acceptors (Lipinski definition) is 1. The van der Waals surface area contributed by atoms with Crippen LogP contribution in [-0.2, 0) is 5.54 Å². The number of rotatable bonds is 2. The number of benzene rings is 2. The van der Waals surface area contributed by atoms with Gasteiger partial charge in [0, 0.05) is 4.47 Å². The molecule has 0 fully saturated rings. The maximum absolute atomic E-state index is 13.6. The van der Waals surface area contributed by atoms with Crippen LogP contribution in [0, 0.1) is 12.7 Å². The molecule has 0 saturated heterocycles. The molecule has 2 aromatic carbocycles. The third-order valence-corrected chi connectivity index (χ3v) is 3.74. The van der Waals surface area contributed by atoms with Crippen LogP contribution in [-0.4, -0.2) is 0 Å². The Balaban J connectivity index is 2.46. The molecule has 2 N–H and O–H groups in total. The predicted molar refractivity (Wildman–Crippen MR) is 75.9 cm³/mol. The van der Waals surface area contributed by atoms with E-state index in [1.807, 2.05) is 37.3 Å². The van der Waals surface area contributed by atoms with Crippen molar-refractivity contribution in [2.75, 3.05) is 0 Å². The highest BCUT2D eigenvalue weighted by Gasteiger charge is 2.24.